The van der Waals surface area contributed by atoms with Gasteiger partial charge in [-0.2, -0.15) is 4.80 Å². The minimum atomic E-state index is -0.248. The molecule has 0 aliphatic rings. The number of carbonyl (C=O) groups is 1. The highest BCUT2D eigenvalue weighted by Crippen LogP contribution is 2.22. The number of hydrogen-bond donors (Lipinski definition) is 2. The number of thiocarbonyl (C=S) groups is 1. The molecule has 1 amide bonds. The van der Waals surface area contributed by atoms with Crippen LogP contribution < -0.4 is 10.6 Å². The summed E-state index contributed by atoms with van der Waals surface area (Å²) in [4.78, 5) is 14.1. The molecule has 0 aliphatic carbocycles. The molecule has 4 rings (SSSR count). The van der Waals surface area contributed by atoms with Gasteiger partial charge in [0.05, 0.1) is 5.69 Å². The number of hydrogen-bond acceptors (Lipinski definition) is 4. The molecule has 0 saturated carbocycles. The van der Waals surface area contributed by atoms with Gasteiger partial charge in [-0.15, -0.1) is 10.2 Å². The molecule has 1 heterocycles. The Morgan fingerprint density at radius 1 is 0.935 bits per heavy atom. The summed E-state index contributed by atoms with van der Waals surface area (Å²) in [7, 11) is 0. The van der Waals surface area contributed by atoms with Crippen molar-refractivity contribution in [1.82, 2.24) is 20.3 Å². The summed E-state index contributed by atoms with van der Waals surface area (Å²) in [6.45, 7) is 5.83. The fraction of sp³-hybridized carbons (Fsp3) is 0.130. The lowest BCUT2D eigenvalue weighted by molar-refractivity contribution is 0.0977. The molecule has 8 heteroatoms. The first-order valence-corrected chi connectivity index (χ1v) is 10.4. The zero-order valence-electron chi connectivity index (χ0n) is 17.2. The quantitative estimate of drug-likeness (QED) is 0.424. The third-order valence-corrected chi connectivity index (χ3v) is 5.34. The van der Waals surface area contributed by atoms with Crippen LogP contribution in [0.1, 0.15) is 27.0 Å². The van der Waals surface area contributed by atoms with Crippen molar-refractivity contribution < 1.29 is 4.79 Å². The number of amides is 1. The average molecular weight is 450 g/mol. The van der Waals surface area contributed by atoms with Crippen LogP contribution in [0.25, 0.3) is 16.7 Å². The van der Waals surface area contributed by atoms with Gasteiger partial charge in [-0.25, -0.2) is 0 Å². The molecule has 2 N–H and O–H groups in total. The second-order valence-electron chi connectivity index (χ2n) is 7.35. The molecule has 0 atom stereocenters. The van der Waals surface area contributed by atoms with E-state index >= 15 is 0 Å². The Balaban J connectivity index is 1.53. The predicted octanol–water partition coefficient (Wildman–Crippen LogP) is 5.13. The Morgan fingerprint density at radius 2 is 1.61 bits per heavy atom. The molecule has 0 spiro atoms. The normalized spacial score (nSPS) is 10.8. The summed E-state index contributed by atoms with van der Waals surface area (Å²) in [5.74, 6) is -0.248. The molecule has 4 aromatic rings. The maximum Gasteiger partial charge on any atom is 0.257 e. The van der Waals surface area contributed by atoms with E-state index < -0.39 is 0 Å². The van der Waals surface area contributed by atoms with Gasteiger partial charge < -0.3 is 5.32 Å². The minimum absolute atomic E-state index is 0.220. The molecule has 0 unspecified atom stereocenters. The third-order valence-electron chi connectivity index (χ3n) is 4.89. The largest absolute Gasteiger partial charge is 0.332 e. The highest BCUT2D eigenvalue weighted by atomic mass is 35.5. The van der Waals surface area contributed by atoms with E-state index in [0.717, 1.165) is 33.6 Å². The first-order chi connectivity index (χ1) is 14.8. The molecule has 6 nitrogen and oxygen atoms in total. The van der Waals surface area contributed by atoms with Crippen molar-refractivity contribution in [2.75, 3.05) is 5.32 Å². The van der Waals surface area contributed by atoms with Gasteiger partial charge in [0, 0.05) is 16.3 Å². The fourth-order valence-corrected chi connectivity index (χ4v) is 3.61. The molecule has 0 aliphatic heterocycles. The summed E-state index contributed by atoms with van der Waals surface area (Å²) in [5.41, 5.74) is 6.54. The second-order valence-corrected chi connectivity index (χ2v) is 8.19. The van der Waals surface area contributed by atoms with Crippen molar-refractivity contribution in [3.05, 3.63) is 81.9 Å². The lowest BCUT2D eigenvalue weighted by Gasteiger charge is -2.12. The van der Waals surface area contributed by atoms with E-state index in [0.29, 0.717) is 16.1 Å². The monoisotopic (exact) mass is 449 g/mol. The average Bonchev–Trinajstić information content (AvgIpc) is 3.11. The van der Waals surface area contributed by atoms with Crippen LogP contribution in [0.3, 0.4) is 0 Å². The van der Waals surface area contributed by atoms with Gasteiger partial charge in [0.2, 0.25) is 0 Å². The summed E-state index contributed by atoms with van der Waals surface area (Å²) in [5, 5.41) is 15.8. The molecule has 0 fully saturated rings. The SMILES string of the molecule is Cc1ccc(C(=O)NC(=S)Nc2cc3nn(-c4ccc(Cl)cc4)nc3cc2C)c(C)c1. The summed E-state index contributed by atoms with van der Waals surface area (Å²) < 4.78 is 0. The molecule has 0 radical (unpaired) electrons. The van der Waals surface area contributed by atoms with Crippen LogP contribution in [-0.2, 0) is 0 Å². The first-order valence-electron chi connectivity index (χ1n) is 9.63. The minimum Gasteiger partial charge on any atom is -0.332 e. The molecule has 1 aromatic heterocycles. The highest BCUT2D eigenvalue weighted by molar-refractivity contribution is 7.80. The number of fused-ring (bicyclic) bond motifs is 1. The fourth-order valence-electron chi connectivity index (χ4n) is 3.28. The Bertz CT molecular complexity index is 1310. The van der Waals surface area contributed by atoms with Crippen LogP contribution in [0.5, 0.6) is 0 Å². The predicted molar refractivity (Wildman–Crippen MR) is 128 cm³/mol. The van der Waals surface area contributed by atoms with Crippen molar-refractivity contribution in [3.63, 3.8) is 0 Å². The summed E-state index contributed by atoms with van der Waals surface area (Å²) in [6, 6.07) is 16.7. The smallest absolute Gasteiger partial charge is 0.257 e. The Kier molecular flexibility index (Phi) is 5.71. The maximum atomic E-state index is 12.6. The van der Waals surface area contributed by atoms with E-state index in [1.165, 1.54) is 0 Å². The van der Waals surface area contributed by atoms with Crippen molar-refractivity contribution in [2.45, 2.75) is 20.8 Å². The lowest BCUT2D eigenvalue weighted by Crippen LogP contribution is -2.34. The van der Waals surface area contributed by atoms with Crippen LogP contribution >= 0.6 is 23.8 Å². The zero-order chi connectivity index (χ0) is 22.1. The standard InChI is InChI=1S/C23H20ClN5OS/c1-13-4-9-18(14(2)10-13)22(30)26-23(31)25-19-12-21-20(11-15(19)3)27-29(28-21)17-7-5-16(24)6-8-17/h4-12H,1-3H3,(H2,25,26,30,31). The highest BCUT2D eigenvalue weighted by Gasteiger charge is 2.13. The van der Waals surface area contributed by atoms with Crippen molar-refractivity contribution in [1.29, 1.82) is 0 Å². The Morgan fingerprint density at radius 3 is 2.29 bits per heavy atom. The Hall–Kier alpha value is -3.29. The van der Waals surface area contributed by atoms with Crippen molar-refractivity contribution in [3.8, 4) is 5.69 Å². The molecular weight excluding hydrogens is 430 g/mol. The number of nitrogens with zero attached hydrogens (tertiary/aromatic N) is 3. The number of anilines is 1. The first kappa shape index (κ1) is 21.0. The number of aromatic nitrogens is 3. The van der Waals surface area contributed by atoms with Crippen molar-refractivity contribution >= 4 is 51.6 Å². The van der Waals surface area contributed by atoms with E-state index in [1.54, 1.807) is 23.0 Å². The number of halogens is 1. The number of carbonyl (C=O) groups excluding carboxylic acids is 1. The van der Waals surface area contributed by atoms with Gasteiger partial charge in [-0.1, -0.05) is 29.3 Å². The summed E-state index contributed by atoms with van der Waals surface area (Å²) >= 11 is 11.3. The van der Waals surface area contributed by atoms with Crippen LogP contribution in [-0.4, -0.2) is 26.0 Å². The van der Waals surface area contributed by atoms with Crippen molar-refractivity contribution in [2.24, 2.45) is 0 Å². The van der Waals surface area contributed by atoms with E-state index in [4.69, 9.17) is 23.8 Å². The van der Waals surface area contributed by atoms with Gasteiger partial charge in [0.15, 0.2) is 5.11 Å². The van der Waals surface area contributed by atoms with Gasteiger partial charge in [-0.3, -0.25) is 10.1 Å². The van der Waals surface area contributed by atoms with Crippen LogP contribution in [0, 0.1) is 20.8 Å². The van der Waals surface area contributed by atoms with Crippen LogP contribution in [0.15, 0.2) is 54.6 Å². The maximum absolute atomic E-state index is 12.6. The molecule has 156 valence electrons. The number of aryl methyl sites for hydroxylation is 3. The third kappa shape index (κ3) is 4.57. The van der Waals surface area contributed by atoms with E-state index in [9.17, 15) is 4.79 Å². The summed E-state index contributed by atoms with van der Waals surface area (Å²) in [6.07, 6.45) is 0. The van der Waals surface area contributed by atoms with E-state index in [2.05, 4.69) is 20.8 Å². The number of rotatable bonds is 3. The molecule has 0 bridgehead atoms. The van der Waals surface area contributed by atoms with Gasteiger partial charge in [0.1, 0.15) is 11.0 Å². The number of benzene rings is 3. The van der Waals surface area contributed by atoms with E-state index in [1.807, 2.05) is 57.2 Å². The zero-order valence-corrected chi connectivity index (χ0v) is 18.8. The molecular formula is C23H20ClN5OS. The van der Waals surface area contributed by atoms with Gasteiger partial charge in [-0.05, 0) is 86.6 Å². The molecule has 0 saturated heterocycles. The van der Waals surface area contributed by atoms with E-state index in [-0.39, 0.29) is 11.0 Å². The van der Waals surface area contributed by atoms with Gasteiger partial charge >= 0.3 is 0 Å². The topological polar surface area (TPSA) is 71.8 Å². The Labute approximate surface area is 190 Å². The number of nitrogens with one attached hydrogen (secondary N) is 2. The lowest BCUT2D eigenvalue weighted by atomic mass is 10.1. The molecule has 3 aromatic carbocycles. The van der Waals surface area contributed by atoms with Gasteiger partial charge in [0.25, 0.3) is 5.91 Å². The van der Waals surface area contributed by atoms with Crippen LogP contribution in [0.2, 0.25) is 5.02 Å². The second kappa shape index (κ2) is 8.45. The van der Waals surface area contributed by atoms with Crippen LogP contribution in [0.4, 0.5) is 5.69 Å². The molecule has 31 heavy (non-hydrogen) atoms.